The molecule has 1 unspecified atom stereocenters. The number of para-hydroxylation sites is 1. The molecule has 2 aromatic rings. The quantitative estimate of drug-likeness (QED) is 0.939. The lowest BCUT2D eigenvalue weighted by molar-refractivity contribution is 0.164. The predicted molar refractivity (Wildman–Crippen MR) is 84.3 cm³/mol. The molecule has 0 spiro atoms. The van der Waals surface area contributed by atoms with Gasteiger partial charge < -0.3 is 10.0 Å². The molecule has 0 bridgehead atoms. The van der Waals surface area contributed by atoms with Gasteiger partial charge in [0.25, 0.3) is 0 Å². The zero-order valence-corrected chi connectivity index (χ0v) is 12.8. The summed E-state index contributed by atoms with van der Waals surface area (Å²) in [5.74, 6) is 0. The zero-order chi connectivity index (χ0) is 14.8. The number of hydrogen-bond donors (Lipinski definition) is 1. The van der Waals surface area contributed by atoms with Gasteiger partial charge in [-0.2, -0.15) is 5.10 Å². The SMILES string of the molecule is CCc1cc(CN2CCC(O)c3ccccc32)n(CC)n1. The third-order valence-electron chi connectivity index (χ3n) is 4.24. The summed E-state index contributed by atoms with van der Waals surface area (Å²) in [6.45, 7) is 6.90. The highest BCUT2D eigenvalue weighted by Gasteiger charge is 2.23. The summed E-state index contributed by atoms with van der Waals surface area (Å²) >= 11 is 0. The molecule has 0 aliphatic carbocycles. The van der Waals surface area contributed by atoms with Crippen LogP contribution in [-0.4, -0.2) is 21.4 Å². The maximum absolute atomic E-state index is 10.1. The summed E-state index contributed by atoms with van der Waals surface area (Å²) < 4.78 is 2.09. The van der Waals surface area contributed by atoms with E-state index in [1.54, 1.807) is 0 Å². The smallest absolute Gasteiger partial charge is 0.0826 e. The number of aromatic nitrogens is 2. The summed E-state index contributed by atoms with van der Waals surface area (Å²) in [6, 6.07) is 10.4. The fourth-order valence-corrected chi connectivity index (χ4v) is 3.06. The third kappa shape index (κ3) is 2.68. The van der Waals surface area contributed by atoms with E-state index in [9.17, 15) is 5.11 Å². The molecule has 0 fully saturated rings. The van der Waals surface area contributed by atoms with Crippen LogP contribution in [-0.2, 0) is 19.5 Å². The van der Waals surface area contributed by atoms with E-state index < -0.39 is 0 Å². The van der Waals surface area contributed by atoms with Crippen molar-refractivity contribution in [2.75, 3.05) is 11.4 Å². The second-order valence-corrected chi connectivity index (χ2v) is 5.58. The van der Waals surface area contributed by atoms with E-state index in [0.717, 1.165) is 49.4 Å². The molecule has 1 aliphatic rings. The van der Waals surface area contributed by atoms with E-state index in [0.29, 0.717) is 0 Å². The van der Waals surface area contributed by atoms with Gasteiger partial charge in [-0.25, -0.2) is 0 Å². The molecule has 2 heterocycles. The number of hydrogen-bond acceptors (Lipinski definition) is 3. The Bertz CT molecular complexity index is 620. The minimum Gasteiger partial charge on any atom is -0.388 e. The third-order valence-corrected chi connectivity index (χ3v) is 4.24. The highest BCUT2D eigenvalue weighted by molar-refractivity contribution is 5.56. The monoisotopic (exact) mass is 285 g/mol. The van der Waals surface area contributed by atoms with Gasteiger partial charge in [-0.1, -0.05) is 25.1 Å². The standard InChI is InChI=1S/C17H23N3O/c1-3-13-11-14(20(4-2)18-13)12-19-10-9-17(21)15-7-5-6-8-16(15)19/h5-8,11,17,21H,3-4,9-10,12H2,1-2H3. The number of rotatable bonds is 4. The number of aliphatic hydroxyl groups excluding tert-OH is 1. The van der Waals surface area contributed by atoms with E-state index in [1.807, 2.05) is 18.2 Å². The predicted octanol–water partition coefficient (Wildman–Crippen LogP) is 2.91. The van der Waals surface area contributed by atoms with Crippen LogP contribution in [0.15, 0.2) is 30.3 Å². The van der Waals surface area contributed by atoms with Crippen molar-refractivity contribution in [1.29, 1.82) is 0 Å². The van der Waals surface area contributed by atoms with Crippen molar-refractivity contribution in [3.05, 3.63) is 47.3 Å². The van der Waals surface area contributed by atoms with Crippen molar-refractivity contribution in [1.82, 2.24) is 9.78 Å². The Balaban J connectivity index is 1.89. The van der Waals surface area contributed by atoms with Gasteiger partial charge in [-0.05, 0) is 31.9 Å². The highest BCUT2D eigenvalue weighted by Crippen LogP contribution is 2.34. The molecule has 0 saturated carbocycles. The van der Waals surface area contributed by atoms with Crippen LogP contribution in [0.25, 0.3) is 0 Å². The number of aryl methyl sites for hydroxylation is 2. The Morgan fingerprint density at radius 3 is 2.86 bits per heavy atom. The van der Waals surface area contributed by atoms with Crippen LogP contribution >= 0.6 is 0 Å². The van der Waals surface area contributed by atoms with E-state index in [-0.39, 0.29) is 6.10 Å². The highest BCUT2D eigenvalue weighted by atomic mass is 16.3. The molecule has 0 radical (unpaired) electrons. The summed E-state index contributed by atoms with van der Waals surface area (Å²) in [5.41, 5.74) is 4.60. The van der Waals surface area contributed by atoms with Crippen molar-refractivity contribution in [2.24, 2.45) is 0 Å². The van der Waals surface area contributed by atoms with Gasteiger partial charge in [0.15, 0.2) is 0 Å². The Labute approximate surface area is 126 Å². The Morgan fingerprint density at radius 2 is 2.10 bits per heavy atom. The number of aliphatic hydroxyl groups is 1. The van der Waals surface area contributed by atoms with Crippen molar-refractivity contribution in [3.63, 3.8) is 0 Å². The second-order valence-electron chi connectivity index (χ2n) is 5.58. The van der Waals surface area contributed by atoms with Crippen molar-refractivity contribution in [3.8, 4) is 0 Å². The summed E-state index contributed by atoms with van der Waals surface area (Å²) in [4.78, 5) is 2.35. The molecule has 1 atom stereocenters. The van der Waals surface area contributed by atoms with Crippen LogP contribution in [0.3, 0.4) is 0 Å². The lowest BCUT2D eigenvalue weighted by Gasteiger charge is -2.33. The van der Waals surface area contributed by atoms with Crippen LogP contribution in [0.1, 0.15) is 43.3 Å². The maximum atomic E-state index is 10.1. The second kappa shape index (κ2) is 5.90. The summed E-state index contributed by atoms with van der Waals surface area (Å²) in [5, 5.41) is 14.8. The van der Waals surface area contributed by atoms with Gasteiger partial charge in [0.05, 0.1) is 24.0 Å². The Kier molecular flexibility index (Phi) is 3.97. The van der Waals surface area contributed by atoms with E-state index in [2.05, 4.69) is 40.7 Å². The minimum atomic E-state index is -0.334. The first-order valence-electron chi connectivity index (χ1n) is 7.80. The molecule has 3 rings (SSSR count). The fourth-order valence-electron chi connectivity index (χ4n) is 3.06. The van der Waals surface area contributed by atoms with Crippen LogP contribution < -0.4 is 4.90 Å². The zero-order valence-electron chi connectivity index (χ0n) is 12.8. The van der Waals surface area contributed by atoms with E-state index >= 15 is 0 Å². The van der Waals surface area contributed by atoms with Gasteiger partial charge in [-0.3, -0.25) is 4.68 Å². The van der Waals surface area contributed by atoms with Crippen molar-refractivity contribution >= 4 is 5.69 Å². The molecule has 1 N–H and O–H groups in total. The molecular weight excluding hydrogens is 262 g/mol. The lowest BCUT2D eigenvalue weighted by Crippen LogP contribution is -2.31. The average Bonchev–Trinajstić information content (AvgIpc) is 2.92. The average molecular weight is 285 g/mol. The molecule has 0 amide bonds. The van der Waals surface area contributed by atoms with Crippen molar-refractivity contribution in [2.45, 2.75) is 45.9 Å². The molecule has 4 heteroatoms. The Hall–Kier alpha value is -1.81. The van der Waals surface area contributed by atoms with Gasteiger partial charge in [-0.15, -0.1) is 0 Å². The van der Waals surface area contributed by atoms with E-state index in [4.69, 9.17) is 0 Å². The minimum absolute atomic E-state index is 0.334. The van der Waals surface area contributed by atoms with Crippen LogP contribution in [0.4, 0.5) is 5.69 Å². The lowest BCUT2D eigenvalue weighted by atomic mass is 9.99. The van der Waals surface area contributed by atoms with Gasteiger partial charge in [0.1, 0.15) is 0 Å². The first-order chi connectivity index (χ1) is 10.2. The maximum Gasteiger partial charge on any atom is 0.0826 e. The summed E-state index contributed by atoms with van der Waals surface area (Å²) in [7, 11) is 0. The molecule has 1 aromatic heterocycles. The van der Waals surface area contributed by atoms with Gasteiger partial charge in [0, 0.05) is 24.3 Å². The van der Waals surface area contributed by atoms with Gasteiger partial charge in [0.2, 0.25) is 0 Å². The number of nitrogens with zero attached hydrogens (tertiary/aromatic N) is 3. The van der Waals surface area contributed by atoms with Crippen LogP contribution in [0.5, 0.6) is 0 Å². The molecule has 0 saturated heterocycles. The van der Waals surface area contributed by atoms with Crippen LogP contribution in [0, 0.1) is 0 Å². The first-order valence-corrected chi connectivity index (χ1v) is 7.80. The molecule has 1 aliphatic heterocycles. The van der Waals surface area contributed by atoms with Gasteiger partial charge >= 0.3 is 0 Å². The largest absolute Gasteiger partial charge is 0.388 e. The normalized spacial score (nSPS) is 17.9. The Morgan fingerprint density at radius 1 is 1.29 bits per heavy atom. The number of fused-ring (bicyclic) bond motifs is 1. The first kappa shape index (κ1) is 14.1. The number of anilines is 1. The molecule has 21 heavy (non-hydrogen) atoms. The topological polar surface area (TPSA) is 41.3 Å². The van der Waals surface area contributed by atoms with Crippen molar-refractivity contribution < 1.29 is 5.11 Å². The molecule has 112 valence electrons. The molecule has 4 nitrogen and oxygen atoms in total. The summed E-state index contributed by atoms with van der Waals surface area (Å²) in [6.07, 6.45) is 1.42. The molecule has 1 aromatic carbocycles. The molecular formula is C17H23N3O. The van der Waals surface area contributed by atoms with Crippen LogP contribution in [0.2, 0.25) is 0 Å². The number of benzene rings is 1. The fraction of sp³-hybridized carbons (Fsp3) is 0.471. The van der Waals surface area contributed by atoms with E-state index in [1.165, 1.54) is 5.69 Å².